The Balaban J connectivity index is 3.93. The van der Waals surface area contributed by atoms with E-state index in [0.29, 0.717) is 6.04 Å². The molecule has 0 radical (unpaired) electrons. The third kappa shape index (κ3) is 3.02. The molecule has 1 nitrogen and oxygen atoms in total. The fourth-order valence-corrected chi connectivity index (χ4v) is 0.963. The van der Waals surface area contributed by atoms with Gasteiger partial charge in [-0.2, -0.15) is 0 Å². The second-order valence-corrected chi connectivity index (χ2v) is 3.64. The number of hydrogen-bond donors (Lipinski definition) is 1. The lowest BCUT2D eigenvalue weighted by molar-refractivity contribution is 0.318. The van der Waals surface area contributed by atoms with Gasteiger partial charge in [0.25, 0.3) is 0 Å². The van der Waals surface area contributed by atoms with Gasteiger partial charge in [0.2, 0.25) is 0 Å². The van der Waals surface area contributed by atoms with E-state index in [1.54, 1.807) is 0 Å². The molecular weight excluding hydrogens is 122 g/mol. The molecule has 0 aromatic rings. The summed E-state index contributed by atoms with van der Waals surface area (Å²) in [6, 6.07) is 0.428. The second-order valence-electron chi connectivity index (χ2n) is 3.64. The smallest absolute Gasteiger partial charge is 0.0296 e. The van der Waals surface area contributed by atoms with Crippen LogP contribution in [0.25, 0.3) is 0 Å². The standard InChI is InChI=1S/C9H19N/c1-6-8(10-7-2)9(3,4)5/h6,8,10H,1,7H2,2-5H3. The van der Waals surface area contributed by atoms with E-state index in [-0.39, 0.29) is 5.41 Å². The Morgan fingerprint density at radius 3 is 2.10 bits per heavy atom. The van der Waals surface area contributed by atoms with Gasteiger partial charge >= 0.3 is 0 Å². The van der Waals surface area contributed by atoms with Gasteiger partial charge in [-0.05, 0) is 12.0 Å². The van der Waals surface area contributed by atoms with Crippen molar-refractivity contribution in [1.29, 1.82) is 0 Å². The van der Waals surface area contributed by atoms with Crippen molar-refractivity contribution in [2.75, 3.05) is 6.54 Å². The van der Waals surface area contributed by atoms with Crippen LogP contribution in [0.4, 0.5) is 0 Å². The van der Waals surface area contributed by atoms with Crippen LogP contribution in [0.1, 0.15) is 27.7 Å². The van der Waals surface area contributed by atoms with Crippen LogP contribution in [-0.2, 0) is 0 Å². The summed E-state index contributed by atoms with van der Waals surface area (Å²) in [6.45, 7) is 13.5. The second kappa shape index (κ2) is 3.77. The Kier molecular flexibility index (Phi) is 3.66. The fraction of sp³-hybridized carbons (Fsp3) is 0.778. The van der Waals surface area contributed by atoms with Gasteiger partial charge in [0.15, 0.2) is 0 Å². The van der Waals surface area contributed by atoms with Gasteiger partial charge in [-0.1, -0.05) is 33.8 Å². The zero-order valence-electron chi connectivity index (χ0n) is 7.57. The molecule has 60 valence electrons. The lowest BCUT2D eigenvalue weighted by atomic mass is 9.87. The summed E-state index contributed by atoms with van der Waals surface area (Å²) in [5, 5.41) is 3.35. The Hall–Kier alpha value is -0.300. The maximum atomic E-state index is 3.78. The number of likely N-dealkylation sites (N-methyl/N-ethyl adjacent to an activating group) is 1. The minimum Gasteiger partial charge on any atom is -0.310 e. The molecule has 10 heavy (non-hydrogen) atoms. The number of hydrogen-bond acceptors (Lipinski definition) is 1. The first kappa shape index (κ1) is 9.70. The summed E-state index contributed by atoms with van der Waals surface area (Å²) >= 11 is 0. The molecule has 0 fully saturated rings. The van der Waals surface area contributed by atoms with Crippen molar-refractivity contribution in [1.82, 2.24) is 5.32 Å². The van der Waals surface area contributed by atoms with E-state index < -0.39 is 0 Å². The highest BCUT2D eigenvalue weighted by Gasteiger charge is 2.19. The van der Waals surface area contributed by atoms with Crippen molar-refractivity contribution >= 4 is 0 Å². The topological polar surface area (TPSA) is 12.0 Å². The number of nitrogens with one attached hydrogen (secondary N) is 1. The quantitative estimate of drug-likeness (QED) is 0.594. The molecule has 0 aromatic heterocycles. The first-order valence-corrected chi connectivity index (χ1v) is 3.88. The van der Waals surface area contributed by atoms with Crippen molar-refractivity contribution in [3.63, 3.8) is 0 Å². The minimum absolute atomic E-state index is 0.289. The van der Waals surface area contributed by atoms with Crippen LogP contribution in [0.5, 0.6) is 0 Å². The average Bonchev–Trinajstić information content (AvgIpc) is 1.80. The van der Waals surface area contributed by atoms with Gasteiger partial charge in [-0.3, -0.25) is 0 Å². The van der Waals surface area contributed by atoms with E-state index in [0.717, 1.165) is 6.54 Å². The van der Waals surface area contributed by atoms with E-state index in [1.165, 1.54) is 0 Å². The molecule has 0 heterocycles. The van der Waals surface area contributed by atoms with Crippen molar-refractivity contribution < 1.29 is 0 Å². The van der Waals surface area contributed by atoms with Crippen molar-refractivity contribution in [3.05, 3.63) is 12.7 Å². The highest BCUT2D eigenvalue weighted by atomic mass is 14.9. The summed E-state index contributed by atoms with van der Waals surface area (Å²) in [5.41, 5.74) is 0.289. The Bertz CT molecular complexity index is 99.8. The van der Waals surface area contributed by atoms with E-state index in [9.17, 15) is 0 Å². The zero-order valence-corrected chi connectivity index (χ0v) is 7.57. The maximum Gasteiger partial charge on any atom is 0.0296 e. The largest absolute Gasteiger partial charge is 0.310 e. The van der Waals surface area contributed by atoms with Crippen LogP contribution in [0.2, 0.25) is 0 Å². The Labute approximate surface area is 64.5 Å². The maximum absolute atomic E-state index is 3.78. The molecule has 0 amide bonds. The average molecular weight is 141 g/mol. The molecule has 1 unspecified atom stereocenters. The molecule has 0 aromatic carbocycles. The Morgan fingerprint density at radius 1 is 1.50 bits per heavy atom. The molecular formula is C9H19N. The molecule has 0 bridgehead atoms. The van der Waals surface area contributed by atoms with Crippen LogP contribution < -0.4 is 5.32 Å². The molecule has 1 atom stereocenters. The summed E-state index contributed by atoms with van der Waals surface area (Å²) < 4.78 is 0. The van der Waals surface area contributed by atoms with Crippen LogP contribution >= 0.6 is 0 Å². The molecule has 0 saturated heterocycles. The van der Waals surface area contributed by atoms with Gasteiger partial charge in [0, 0.05) is 6.04 Å². The van der Waals surface area contributed by atoms with Gasteiger partial charge < -0.3 is 5.32 Å². The predicted octanol–water partition coefficient (Wildman–Crippen LogP) is 2.20. The van der Waals surface area contributed by atoms with Gasteiger partial charge in [-0.15, -0.1) is 6.58 Å². The van der Waals surface area contributed by atoms with Gasteiger partial charge in [0.1, 0.15) is 0 Å². The van der Waals surface area contributed by atoms with Crippen LogP contribution in [-0.4, -0.2) is 12.6 Å². The lowest BCUT2D eigenvalue weighted by Crippen LogP contribution is -2.38. The summed E-state index contributed by atoms with van der Waals surface area (Å²) in [7, 11) is 0. The van der Waals surface area contributed by atoms with E-state index in [1.807, 2.05) is 6.08 Å². The van der Waals surface area contributed by atoms with Crippen molar-refractivity contribution in [2.45, 2.75) is 33.7 Å². The van der Waals surface area contributed by atoms with Crippen molar-refractivity contribution in [3.8, 4) is 0 Å². The van der Waals surface area contributed by atoms with Crippen LogP contribution in [0, 0.1) is 5.41 Å². The first-order valence-electron chi connectivity index (χ1n) is 3.88. The minimum atomic E-state index is 0.289. The Morgan fingerprint density at radius 2 is 2.00 bits per heavy atom. The SMILES string of the molecule is C=CC(NCC)C(C)(C)C. The molecule has 0 saturated carbocycles. The molecule has 0 aliphatic rings. The monoisotopic (exact) mass is 141 g/mol. The van der Waals surface area contributed by atoms with E-state index >= 15 is 0 Å². The fourth-order valence-electron chi connectivity index (χ4n) is 0.963. The number of rotatable bonds is 3. The van der Waals surface area contributed by atoms with E-state index in [2.05, 4.69) is 39.6 Å². The van der Waals surface area contributed by atoms with E-state index in [4.69, 9.17) is 0 Å². The predicted molar refractivity (Wildman–Crippen MR) is 47.1 cm³/mol. The molecule has 0 aliphatic heterocycles. The summed E-state index contributed by atoms with van der Waals surface area (Å²) in [6.07, 6.45) is 1.98. The summed E-state index contributed by atoms with van der Waals surface area (Å²) in [4.78, 5) is 0. The third-order valence-corrected chi connectivity index (χ3v) is 1.59. The zero-order chi connectivity index (χ0) is 8.20. The molecule has 0 aliphatic carbocycles. The van der Waals surface area contributed by atoms with Crippen molar-refractivity contribution in [2.24, 2.45) is 5.41 Å². The highest BCUT2D eigenvalue weighted by Crippen LogP contribution is 2.19. The molecule has 0 spiro atoms. The van der Waals surface area contributed by atoms with Crippen LogP contribution in [0.15, 0.2) is 12.7 Å². The molecule has 0 rings (SSSR count). The highest BCUT2D eigenvalue weighted by molar-refractivity contribution is 4.93. The first-order chi connectivity index (χ1) is 4.52. The third-order valence-electron chi connectivity index (χ3n) is 1.59. The van der Waals surface area contributed by atoms with Crippen LogP contribution in [0.3, 0.4) is 0 Å². The lowest BCUT2D eigenvalue weighted by Gasteiger charge is -2.28. The normalized spacial score (nSPS) is 14.8. The molecule has 1 heteroatoms. The summed E-state index contributed by atoms with van der Waals surface area (Å²) in [5.74, 6) is 0. The van der Waals surface area contributed by atoms with Gasteiger partial charge in [-0.25, -0.2) is 0 Å². The van der Waals surface area contributed by atoms with Gasteiger partial charge in [0.05, 0.1) is 0 Å². The molecule has 1 N–H and O–H groups in total.